The molecule has 1 heterocycles. The first-order valence-corrected chi connectivity index (χ1v) is 8.95. The number of carbonyl (C=O) groups is 4. The van der Waals surface area contributed by atoms with Crippen molar-refractivity contribution in [2.75, 3.05) is 20.3 Å². The van der Waals surface area contributed by atoms with Crippen molar-refractivity contribution in [3.63, 3.8) is 0 Å². The molecule has 1 fully saturated rings. The lowest BCUT2D eigenvalue weighted by atomic mass is 9.85. The number of imide groups is 1. The zero-order valence-corrected chi connectivity index (χ0v) is 15.4. The van der Waals surface area contributed by atoms with Crippen molar-refractivity contribution in [1.29, 1.82) is 0 Å². The third-order valence-corrected chi connectivity index (χ3v) is 4.98. The van der Waals surface area contributed by atoms with Crippen LogP contribution in [0.4, 0.5) is 4.39 Å². The fourth-order valence-corrected chi connectivity index (χ4v) is 3.43. The van der Waals surface area contributed by atoms with Gasteiger partial charge in [0.15, 0.2) is 24.0 Å². The zero-order chi connectivity index (χ0) is 20.3. The highest BCUT2D eigenvalue weighted by Gasteiger charge is 2.46. The fraction of sp³-hybridized carbons (Fsp3) is 0.400. The van der Waals surface area contributed by atoms with Crippen molar-refractivity contribution in [3.05, 3.63) is 41.7 Å². The normalized spacial score (nSPS) is 20.9. The summed E-state index contributed by atoms with van der Waals surface area (Å²) in [4.78, 5) is 49.7. The molecule has 1 aliphatic heterocycles. The molecule has 0 saturated carbocycles. The topological polar surface area (TPSA) is 90.0 Å². The molecule has 2 aliphatic rings. The number of Topliss-reactive ketones (excluding diaryl/α,β-unsaturated/α-hetero) is 1. The molecule has 0 unspecified atom stereocenters. The molecule has 0 radical (unpaired) electrons. The molecule has 0 aromatic heterocycles. The second-order valence-electron chi connectivity index (χ2n) is 6.67. The summed E-state index contributed by atoms with van der Waals surface area (Å²) in [6.45, 7) is -0.628. The van der Waals surface area contributed by atoms with Gasteiger partial charge in [-0.05, 0) is 31.0 Å². The zero-order valence-electron chi connectivity index (χ0n) is 15.4. The van der Waals surface area contributed by atoms with Gasteiger partial charge in [0.1, 0.15) is 0 Å². The second-order valence-corrected chi connectivity index (χ2v) is 6.67. The monoisotopic (exact) mass is 389 g/mol. The molecule has 1 saturated heterocycles. The summed E-state index contributed by atoms with van der Waals surface area (Å²) in [5.41, 5.74) is 0.0487. The molecule has 0 bridgehead atoms. The summed E-state index contributed by atoms with van der Waals surface area (Å²) < 4.78 is 23.3. The van der Waals surface area contributed by atoms with E-state index in [1.54, 1.807) is 0 Å². The van der Waals surface area contributed by atoms with Gasteiger partial charge >= 0.3 is 5.97 Å². The molecule has 1 aliphatic carbocycles. The molecule has 8 heteroatoms. The van der Waals surface area contributed by atoms with Crippen LogP contribution in [-0.2, 0) is 19.1 Å². The van der Waals surface area contributed by atoms with Crippen LogP contribution in [0, 0.1) is 17.7 Å². The van der Waals surface area contributed by atoms with Gasteiger partial charge in [0, 0.05) is 12.1 Å². The summed E-state index contributed by atoms with van der Waals surface area (Å²) in [6, 6.07) is 3.69. The van der Waals surface area contributed by atoms with Crippen LogP contribution < -0.4 is 4.74 Å². The lowest BCUT2D eigenvalue weighted by Crippen LogP contribution is -2.33. The molecule has 1 aromatic carbocycles. The molecule has 0 N–H and O–H groups in total. The van der Waals surface area contributed by atoms with Crippen LogP contribution >= 0.6 is 0 Å². The van der Waals surface area contributed by atoms with Crippen LogP contribution in [0.25, 0.3) is 0 Å². The average Bonchev–Trinajstić information content (AvgIpc) is 2.95. The van der Waals surface area contributed by atoms with Crippen LogP contribution in [0.15, 0.2) is 30.4 Å². The number of fused-ring (bicyclic) bond motifs is 1. The van der Waals surface area contributed by atoms with E-state index in [9.17, 15) is 23.6 Å². The van der Waals surface area contributed by atoms with Crippen LogP contribution in [0.2, 0.25) is 0 Å². The SMILES string of the molecule is COc1ccc(C(=O)COC(=O)CCN2C(=O)[C@H]3CC=CC[C@@H]3C2=O)cc1F. The first-order chi connectivity index (χ1) is 13.4. The maximum absolute atomic E-state index is 13.6. The smallest absolute Gasteiger partial charge is 0.308 e. The highest BCUT2D eigenvalue weighted by Crippen LogP contribution is 2.35. The largest absolute Gasteiger partial charge is 0.494 e. The molecular formula is C20H20FNO6. The van der Waals surface area contributed by atoms with Gasteiger partial charge in [-0.15, -0.1) is 0 Å². The lowest BCUT2D eigenvalue weighted by Gasteiger charge is -2.14. The summed E-state index contributed by atoms with van der Waals surface area (Å²) >= 11 is 0. The Morgan fingerprint density at radius 2 is 1.79 bits per heavy atom. The van der Waals surface area contributed by atoms with Crippen molar-refractivity contribution in [2.45, 2.75) is 19.3 Å². The maximum atomic E-state index is 13.6. The van der Waals surface area contributed by atoms with Crippen molar-refractivity contribution in [1.82, 2.24) is 4.90 Å². The van der Waals surface area contributed by atoms with Gasteiger partial charge < -0.3 is 9.47 Å². The van der Waals surface area contributed by atoms with E-state index in [-0.39, 0.29) is 47.9 Å². The Bertz CT molecular complexity index is 823. The van der Waals surface area contributed by atoms with Crippen LogP contribution in [-0.4, -0.2) is 48.7 Å². The van der Waals surface area contributed by atoms with E-state index < -0.39 is 24.2 Å². The Kier molecular flexibility index (Phi) is 5.87. The number of carbonyl (C=O) groups excluding carboxylic acids is 4. The molecule has 2 amide bonds. The first-order valence-electron chi connectivity index (χ1n) is 8.95. The van der Waals surface area contributed by atoms with Gasteiger partial charge in [0.2, 0.25) is 11.8 Å². The third-order valence-electron chi connectivity index (χ3n) is 4.98. The summed E-state index contributed by atoms with van der Waals surface area (Å²) in [5.74, 6) is -3.20. The van der Waals surface area contributed by atoms with Crippen molar-refractivity contribution in [2.24, 2.45) is 11.8 Å². The van der Waals surface area contributed by atoms with E-state index in [1.807, 2.05) is 12.2 Å². The highest BCUT2D eigenvalue weighted by molar-refractivity contribution is 6.05. The number of benzene rings is 1. The third kappa shape index (κ3) is 3.95. The first kappa shape index (κ1) is 19.7. The predicted octanol–water partition coefficient (Wildman–Crippen LogP) is 1.90. The van der Waals surface area contributed by atoms with Gasteiger partial charge in [0.05, 0.1) is 25.4 Å². The van der Waals surface area contributed by atoms with E-state index in [2.05, 4.69) is 0 Å². The number of amides is 2. The Hall–Kier alpha value is -3.03. The van der Waals surface area contributed by atoms with E-state index in [4.69, 9.17) is 9.47 Å². The Morgan fingerprint density at radius 3 is 2.36 bits per heavy atom. The van der Waals surface area contributed by atoms with Gasteiger partial charge in [-0.3, -0.25) is 24.1 Å². The number of halogens is 1. The number of hydrogen-bond acceptors (Lipinski definition) is 6. The molecule has 2 atom stereocenters. The van der Waals surface area contributed by atoms with Crippen LogP contribution in [0.5, 0.6) is 5.75 Å². The number of nitrogens with zero attached hydrogens (tertiary/aromatic N) is 1. The van der Waals surface area contributed by atoms with Gasteiger partial charge in [-0.1, -0.05) is 12.2 Å². The van der Waals surface area contributed by atoms with E-state index >= 15 is 0 Å². The van der Waals surface area contributed by atoms with Crippen molar-refractivity contribution < 1.29 is 33.0 Å². The molecule has 7 nitrogen and oxygen atoms in total. The van der Waals surface area contributed by atoms with Crippen LogP contribution in [0.3, 0.4) is 0 Å². The number of rotatable bonds is 7. The highest BCUT2D eigenvalue weighted by atomic mass is 19.1. The average molecular weight is 389 g/mol. The van der Waals surface area contributed by atoms with Gasteiger partial charge in [-0.25, -0.2) is 4.39 Å². The summed E-state index contributed by atoms with van der Waals surface area (Å²) in [5, 5.41) is 0. The molecule has 0 spiro atoms. The molecule has 1 aromatic rings. The van der Waals surface area contributed by atoms with Crippen molar-refractivity contribution in [3.8, 4) is 5.75 Å². The minimum absolute atomic E-state index is 0.00394. The summed E-state index contributed by atoms with van der Waals surface area (Å²) in [6.07, 6.45) is 4.64. The minimum atomic E-state index is -0.712. The molecule has 148 valence electrons. The van der Waals surface area contributed by atoms with E-state index in [0.717, 1.165) is 11.0 Å². The number of hydrogen-bond donors (Lipinski definition) is 0. The molecule has 3 rings (SSSR count). The number of ether oxygens (including phenoxy) is 2. The molecule has 28 heavy (non-hydrogen) atoms. The van der Waals surface area contributed by atoms with Crippen molar-refractivity contribution >= 4 is 23.6 Å². The van der Waals surface area contributed by atoms with E-state index in [0.29, 0.717) is 12.8 Å². The van der Waals surface area contributed by atoms with E-state index in [1.165, 1.54) is 19.2 Å². The Morgan fingerprint density at radius 1 is 1.14 bits per heavy atom. The standard InChI is InChI=1S/C20H20FNO6/c1-27-17-7-6-12(10-15(17)21)16(23)11-28-18(24)8-9-22-19(25)13-4-2-3-5-14(13)20(22)26/h2-3,6-7,10,13-14H,4-5,8-9,11H2,1H3/t13-,14-/m0/s1. The van der Waals surface area contributed by atoms with Gasteiger partial charge in [-0.2, -0.15) is 0 Å². The second kappa shape index (κ2) is 8.33. The minimum Gasteiger partial charge on any atom is -0.494 e. The molecular weight excluding hydrogens is 369 g/mol. The van der Waals surface area contributed by atoms with Crippen LogP contribution in [0.1, 0.15) is 29.6 Å². The predicted molar refractivity (Wildman–Crippen MR) is 94.9 cm³/mol. The Balaban J connectivity index is 1.48. The Labute approximate surface area is 161 Å². The van der Waals surface area contributed by atoms with Gasteiger partial charge in [0.25, 0.3) is 0 Å². The quantitative estimate of drug-likeness (QED) is 0.306. The summed E-state index contributed by atoms with van der Waals surface area (Å²) in [7, 11) is 1.31. The number of likely N-dealkylation sites (tertiary alicyclic amines) is 1. The maximum Gasteiger partial charge on any atom is 0.308 e. The fourth-order valence-electron chi connectivity index (χ4n) is 3.43. The lowest BCUT2D eigenvalue weighted by molar-refractivity contribution is -0.145. The number of esters is 1. The number of ketones is 1. The number of methoxy groups -OCH3 is 1. The number of allylic oxidation sites excluding steroid dienone is 2.